The van der Waals surface area contributed by atoms with Crippen molar-refractivity contribution in [3.8, 4) is 5.75 Å². The van der Waals surface area contributed by atoms with Crippen LogP contribution in [0, 0.1) is 0 Å². The van der Waals surface area contributed by atoms with Gasteiger partial charge in [-0.05, 0) is 42.0 Å². The zero-order valence-electron chi connectivity index (χ0n) is 15.3. The Morgan fingerprint density at radius 3 is 2.43 bits per heavy atom. The summed E-state index contributed by atoms with van der Waals surface area (Å²) in [6.45, 7) is 0.632. The number of ether oxygens (including phenoxy) is 1. The van der Waals surface area contributed by atoms with Crippen LogP contribution in [0.25, 0.3) is 11.0 Å². The lowest BCUT2D eigenvalue weighted by molar-refractivity contribution is 0.0928. The standard InChI is InChI=1S/C23H21ClN2O2/c24-18-12-10-17(11-13-18)14-23-25-21-8-4-5-9-22(21)26(23)15-19(27)16-28-20-6-2-1-3-7-20/h1-13,19,27H,14-16H2. The molecule has 0 fully saturated rings. The van der Waals surface area contributed by atoms with Gasteiger partial charge in [-0.1, -0.05) is 54.1 Å². The van der Waals surface area contributed by atoms with Crippen LogP contribution in [0.1, 0.15) is 11.4 Å². The first-order valence-electron chi connectivity index (χ1n) is 9.23. The van der Waals surface area contributed by atoms with E-state index in [1.165, 1.54) is 0 Å². The number of halogens is 1. The highest BCUT2D eigenvalue weighted by atomic mass is 35.5. The molecule has 4 aromatic rings. The summed E-state index contributed by atoms with van der Waals surface area (Å²) in [6.07, 6.45) is 0.0137. The molecule has 0 radical (unpaired) electrons. The van der Waals surface area contributed by atoms with Crippen molar-refractivity contribution < 1.29 is 9.84 Å². The van der Waals surface area contributed by atoms with Crippen LogP contribution in [0.3, 0.4) is 0 Å². The summed E-state index contributed by atoms with van der Waals surface area (Å²) in [6, 6.07) is 25.3. The second kappa shape index (κ2) is 8.46. The second-order valence-corrected chi connectivity index (χ2v) is 7.14. The fraction of sp³-hybridized carbons (Fsp3) is 0.174. The predicted octanol–water partition coefficient (Wildman–Crippen LogP) is 4.72. The van der Waals surface area contributed by atoms with Crippen molar-refractivity contribution in [1.29, 1.82) is 0 Å². The second-order valence-electron chi connectivity index (χ2n) is 6.71. The molecule has 3 aromatic carbocycles. The monoisotopic (exact) mass is 392 g/mol. The first-order chi connectivity index (χ1) is 13.7. The summed E-state index contributed by atoms with van der Waals surface area (Å²) in [4.78, 5) is 4.78. The van der Waals surface area contributed by atoms with E-state index in [4.69, 9.17) is 21.3 Å². The van der Waals surface area contributed by atoms with E-state index in [9.17, 15) is 5.11 Å². The number of aliphatic hydroxyl groups is 1. The Kier molecular flexibility index (Phi) is 5.60. The van der Waals surface area contributed by atoms with Crippen LogP contribution in [0.4, 0.5) is 0 Å². The van der Waals surface area contributed by atoms with Crippen LogP contribution >= 0.6 is 11.6 Å². The van der Waals surface area contributed by atoms with Gasteiger partial charge in [-0.15, -0.1) is 0 Å². The lowest BCUT2D eigenvalue weighted by atomic mass is 10.1. The lowest BCUT2D eigenvalue weighted by Crippen LogP contribution is -2.24. The first kappa shape index (κ1) is 18.5. The summed E-state index contributed by atoms with van der Waals surface area (Å²) < 4.78 is 7.77. The van der Waals surface area contributed by atoms with E-state index in [0.29, 0.717) is 18.0 Å². The number of imidazole rings is 1. The van der Waals surface area contributed by atoms with E-state index >= 15 is 0 Å². The first-order valence-corrected chi connectivity index (χ1v) is 9.61. The zero-order chi connectivity index (χ0) is 19.3. The molecule has 4 nitrogen and oxygen atoms in total. The zero-order valence-corrected chi connectivity index (χ0v) is 16.1. The smallest absolute Gasteiger partial charge is 0.119 e. The highest BCUT2D eigenvalue weighted by Crippen LogP contribution is 2.20. The Morgan fingerprint density at radius 1 is 0.929 bits per heavy atom. The normalized spacial score (nSPS) is 12.2. The minimum absolute atomic E-state index is 0.219. The number of aromatic nitrogens is 2. The van der Waals surface area contributed by atoms with Gasteiger partial charge < -0.3 is 14.4 Å². The van der Waals surface area contributed by atoms with Gasteiger partial charge in [0.15, 0.2) is 0 Å². The number of hydrogen-bond donors (Lipinski definition) is 1. The Balaban J connectivity index is 1.55. The molecule has 0 aliphatic carbocycles. The molecule has 28 heavy (non-hydrogen) atoms. The molecule has 0 aliphatic heterocycles. The molecule has 4 rings (SSSR count). The summed E-state index contributed by atoms with van der Waals surface area (Å²) >= 11 is 6.00. The molecule has 0 aliphatic rings. The Labute approximate surface area is 169 Å². The van der Waals surface area contributed by atoms with E-state index in [-0.39, 0.29) is 6.61 Å². The topological polar surface area (TPSA) is 47.3 Å². The van der Waals surface area contributed by atoms with Gasteiger partial charge in [0.2, 0.25) is 0 Å². The summed E-state index contributed by atoms with van der Waals surface area (Å²) in [5.74, 6) is 1.65. The summed E-state index contributed by atoms with van der Waals surface area (Å²) in [5.41, 5.74) is 3.05. The number of nitrogens with zero attached hydrogens (tertiary/aromatic N) is 2. The molecule has 142 valence electrons. The average Bonchev–Trinajstić information content (AvgIpc) is 3.06. The van der Waals surface area contributed by atoms with Crippen molar-refractivity contribution in [2.45, 2.75) is 19.1 Å². The van der Waals surface area contributed by atoms with E-state index in [1.54, 1.807) is 0 Å². The van der Waals surface area contributed by atoms with Gasteiger partial charge in [0, 0.05) is 11.4 Å². The largest absolute Gasteiger partial charge is 0.491 e. The van der Waals surface area contributed by atoms with E-state index < -0.39 is 6.10 Å². The predicted molar refractivity (Wildman–Crippen MR) is 112 cm³/mol. The summed E-state index contributed by atoms with van der Waals surface area (Å²) in [7, 11) is 0. The number of aliphatic hydroxyl groups excluding tert-OH is 1. The quantitative estimate of drug-likeness (QED) is 0.495. The number of hydrogen-bond acceptors (Lipinski definition) is 3. The molecule has 0 saturated carbocycles. The molecule has 1 heterocycles. The third-order valence-corrected chi connectivity index (χ3v) is 4.84. The van der Waals surface area contributed by atoms with Crippen molar-refractivity contribution in [3.05, 3.63) is 95.3 Å². The van der Waals surface area contributed by atoms with Crippen LogP contribution in [0.2, 0.25) is 5.02 Å². The molecule has 0 spiro atoms. The van der Waals surface area contributed by atoms with Gasteiger partial charge in [0.1, 0.15) is 24.3 Å². The molecule has 1 unspecified atom stereocenters. The van der Waals surface area contributed by atoms with Gasteiger partial charge in [0.05, 0.1) is 17.6 Å². The maximum absolute atomic E-state index is 10.6. The lowest BCUT2D eigenvalue weighted by Gasteiger charge is -2.16. The minimum atomic E-state index is -0.651. The number of rotatable bonds is 7. The molecule has 1 aromatic heterocycles. The highest BCUT2D eigenvalue weighted by molar-refractivity contribution is 6.30. The van der Waals surface area contributed by atoms with E-state index in [1.807, 2.05) is 78.9 Å². The summed E-state index contributed by atoms with van der Waals surface area (Å²) in [5, 5.41) is 11.3. The highest BCUT2D eigenvalue weighted by Gasteiger charge is 2.15. The minimum Gasteiger partial charge on any atom is -0.491 e. The molecule has 1 N–H and O–H groups in total. The van der Waals surface area contributed by atoms with Crippen molar-refractivity contribution in [3.63, 3.8) is 0 Å². The van der Waals surface area contributed by atoms with E-state index in [2.05, 4.69) is 4.57 Å². The molecule has 0 bridgehead atoms. The van der Waals surface area contributed by atoms with Crippen LogP contribution in [-0.2, 0) is 13.0 Å². The molecular weight excluding hydrogens is 372 g/mol. The van der Waals surface area contributed by atoms with Crippen LogP contribution in [0.5, 0.6) is 5.75 Å². The number of fused-ring (bicyclic) bond motifs is 1. The maximum atomic E-state index is 10.6. The van der Waals surface area contributed by atoms with Gasteiger partial charge in [-0.25, -0.2) is 4.98 Å². The molecule has 0 saturated heterocycles. The van der Waals surface area contributed by atoms with Crippen molar-refractivity contribution in [2.24, 2.45) is 0 Å². The van der Waals surface area contributed by atoms with Gasteiger partial charge in [-0.3, -0.25) is 0 Å². The van der Waals surface area contributed by atoms with Crippen molar-refractivity contribution in [1.82, 2.24) is 9.55 Å². The molecule has 0 amide bonds. The van der Waals surface area contributed by atoms with Crippen LogP contribution in [0.15, 0.2) is 78.9 Å². The maximum Gasteiger partial charge on any atom is 0.119 e. The number of para-hydroxylation sites is 3. The fourth-order valence-electron chi connectivity index (χ4n) is 3.22. The van der Waals surface area contributed by atoms with Crippen LogP contribution < -0.4 is 4.74 Å². The van der Waals surface area contributed by atoms with E-state index in [0.717, 1.165) is 28.2 Å². The Hall–Kier alpha value is -2.82. The number of benzene rings is 3. The molecule has 5 heteroatoms. The third kappa shape index (κ3) is 4.35. The average molecular weight is 393 g/mol. The third-order valence-electron chi connectivity index (χ3n) is 4.59. The van der Waals surface area contributed by atoms with Crippen molar-refractivity contribution in [2.75, 3.05) is 6.61 Å². The van der Waals surface area contributed by atoms with Gasteiger partial charge >= 0.3 is 0 Å². The Bertz CT molecular complexity index is 1050. The molecule has 1 atom stereocenters. The van der Waals surface area contributed by atoms with Crippen LogP contribution in [-0.4, -0.2) is 27.4 Å². The SMILES string of the molecule is OC(COc1ccccc1)Cn1c(Cc2ccc(Cl)cc2)nc2ccccc21. The van der Waals surface area contributed by atoms with Gasteiger partial charge in [0.25, 0.3) is 0 Å². The Morgan fingerprint density at radius 2 is 1.64 bits per heavy atom. The van der Waals surface area contributed by atoms with Crippen molar-refractivity contribution >= 4 is 22.6 Å². The fourth-order valence-corrected chi connectivity index (χ4v) is 3.35. The van der Waals surface area contributed by atoms with Gasteiger partial charge in [-0.2, -0.15) is 0 Å². The molecular formula is C23H21ClN2O2.